The molecule has 3 N–H and O–H groups in total. The summed E-state index contributed by atoms with van der Waals surface area (Å²) < 4.78 is 6.24. The molecule has 1 amide bonds. The minimum Gasteiger partial charge on any atom is -0.479 e. The molecule has 2 aromatic carbocycles. The van der Waals surface area contributed by atoms with Crippen molar-refractivity contribution in [2.75, 3.05) is 23.7 Å². The Morgan fingerprint density at radius 2 is 1.84 bits per heavy atom. The van der Waals surface area contributed by atoms with Gasteiger partial charge in [0, 0.05) is 48.6 Å². The molecule has 0 saturated carbocycles. The molecule has 1 saturated heterocycles. The quantitative estimate of drug-likeness (QED) is 0.685. The zero-order chi connectivity index (χ0) is 21.3. The average molecular weight is 415 g/mol. The van der Waals surface area contributed by atoms with Crippen LogP contribution in [0.4, 0.5) is 11.5 Å². The van der Waals surface area contributed by atoms with Crippen molar-refractivity contribution in [3.63, 3.8) is 0 Å². The lowest BCUT2D eigenvalue weighted by Crippen LogP contribution is -2.54. The molecule has 6 heteroatoms. The summed E-state index contributed by atoms with van der Waals surface area (Å²) in [5, 5.41) is 3.09. The van der Waals surface area contributed by atoms with Crippen LogP contribution in [-0.4, -0.2) is 30.1 Å². The highest BCUT2D eigenvalue weighted by Gasteiger charge is 2.53. The number of anilines is 2. The van der Waals surface area contributed by atoms with Crippen molar-refractivity contribution in [2.45, 2.75) is 30.9 Å². The Morgan fingerprint density at radius 3 is 2.61 bits per heavy atom. The maximum Gasteiger partial charge on any atom is 0.262 e. The molecule has 3 aromatic rings. The zero-order valence-corrected chi connectivity index (χ0v) is 17.3. The smallest absolute Gasteiger partial charge is 0.262 e. The molecule has 1 spiro atoms. The van der Waals surface area contributed by atoms with E-state index >= 15 is 0 Å². The summed E-state index contributed by atoms with van der Waals surface area (Å²) in [6.07, 6.45) is 2.82. The van der Waals surface area contributed by atoms with Crippen LogP contribution in [0.5, 0.6) is 5.75 Å². The van der Waals surface area contributed by atoms with E-state index in [1.54, 1.807) is 12.3 Å². The average Bonchev–Trinajstić information content (AvgIpc) is 3.13. The predicted octanol–water partition coefficient (Wildman–Crippen LogP) is 3.28. The number of nitrogens with one attached hydrogen (secondary N) is 1. The number of nitrogens with zero attached hydrogens (tertiary/aromatic N) is 2. The molecule has 1 aromatic heterocycles. The normalized spacial score (nSPS) is 19.0. The second-order valence-electron chi connectivity index (χ2n) is 8.29. The number of carbonyl (C=O) groups excluding carboxylic acids is 1. The van der Waals surface area contributed by atoms with E-state index in [4.69, 9.17) is 10.5 Å². The fraction of sp³-hybridized carbons (Fsp3) is 0.280. The molecule has 0 radical (unpaired) electrons. The number of nitrogens with two attached hydrogens (primary N) is 1. The monoisotopic (exact) mass is 414 g/mol. The molecular weight excluding hydrogens is 388 g/mol. The third-order valence-corrected chi connectivity index (χ3v) is 6.47. The van der Waals surface area contributed by atoms with Gasteiger partial charge in [0.05, 0.1) is 0 Å². The van der Waals surface area contributed by atoms with Gasteiger partial charge in [-0.3, -0.25) is 4.79 Å². The highest BCUT2D eigenvalue weighted by Crippen LogP contribution is 2.49. The highest BCUT2D eigenvalue weighted by molar-refractivity contribution is 5.85. The number of hydrogen-bond acceptors (Lipinski definition) is 5. The Balaban J connectivity index is 1.37. The van der Waals surface area contributed by atoms with Gasteiger partial charge in [-0.25, -0.2) is 4.98 Å². The molecule has 6 nitrogen and oxygen atoms in total. The third-order valence-electron chi connectivity index (χ3n) is 6.47. The Morgan fingerprint density at radius 1 is 1.10 bits per heavy atom. The van der Waals surface area contributed by atoms with Crippen LogP contribution in [0.25, 0.3) is 0 Å². The first-order chi connectivity index (χ1) is 15.2. The summed E-state index contributed by atoms with van der Waals surface area (Å²) in [5.74, 6) is 1.64. The number of hydrogen-bond donors (Lipinski definition) is 2. The molecule has 0 bridgehead atoms. The number of piperidine rings is 1. The minimum absolute atomic E-state index is 0.0596. The van der Waals surface area contributed by atoms with Crippen LogP contribution in [0.1, 0.15) is 24.0 Å². The van der Waals surface area contributed by atoms with E-state index < -0.39 is 6.10 Å². The summed E-state index contributed by atoms with van der Waals surface area (Å²) in [7, 11) is 0. The van der Waals surface area contributed by atoms with Crippen LogP contribution in [0.3, 0.4) is 0 Å². The van der Waals surface area contributed by atoms with Crippen LogP contribution in [-0.2, 0) is 16.8 Å². The molecular formula is C25H26N4O2. The lowest BCUT2D eigenvalue weighted by Gasteiger charge is -2.42. The fourth-order valence-electron chi connectivity index (χ4n) is 4.82. The Kier molecular flexibility index (Phi) is 4.98. The number of pyridine rings is 1. The highest BCUT2D eigenvalue weighted by atomic mass is 16.5. The number of ether oxygens (including phenoxy) is 1. The predicted molar refractivity (Wildman–Crippen MR) is 121 cm³/mol. The number of amides is 1. The second-order valence-corrected chi connectivity index (χ2v) is 8.29. The molecule has 3 heterocycles. The van der Waals surface area contributed by atoms with Crippen LogP contribution in [0.15, 0.2) is 72.9 Å². The van der Waals surface area contributed by atoms with E-state index in [1.807, 2.05) is 54.6 Å². The molecule has 0 aliphatic carbocycles. The van der Waals surface area contributed by atoms with Crippen LogP contribution in [0.2, 0.25) is 0 Å². The molecule has 31 heavy (non-hydrogen) atoms. The first kappa shape index (κ1) is 19.4. The molecule has 2 aliphatic heterocycles. The standard InChI is InChI=1S/C25H26N4O2/c26-19-10-13-27-22(16-19)29-14-11-25(12-15-29)20-8-4-5-9-21(20)31-23(25)24(30)28-17-18-6-2-1-3-7-18/h1-10,13,16,23H,11-12,14-15,17H2,(H2,26,27)(H,28,30)/t23-/m1/s1. The van der Waals surface area contributed by atoms with Crippen molar-refractivity contribution >= 4 is 17.4 Å². The van der Waals surface area contributed by atoms with Crippen molar-refractivity contribution in [3.05, 3.63) is 84.1 Å². The number of aromatic nitrogens is 1. The van der Waals surface area contributed by atoms with Gasteiger partial charge in [-0.2, -0.15) is 0 Å². The summed E-state index contributed by atoms with van der Waals surface area (Å²) in [5.41, 5.74) is 8.52. The Bertz CT molecular complexity index is 1080. The summed E-state index contributed by atoms with van der Waals surface area (Å²) in [6, 6.07) is 21.7. The minimum atomic E-state index is -0.537. The van der Waals surface area contributed by atoms with Crippen molar-refractivity contribution in [1.29, 1.82) is 0 Å². The number of benzene rings is 2. The second kappa shape index (κ2) is 7.95. The number of rotatable bonds is 4. The van der Waals surface area contributed by atoms with Gasteiger partial charge < -0.3 is 20.7 Å². The number of carbonyl (C=O) groups is 1. The number of nitrogen functional groups attached to an aromatic ring is 1. The molecule has 5 rings (SSSR count). The molecule has 158 valence electrons. The van der Waals surface area contributed by atoms with Gasteiger partial charge in [-0.05, 0) is 30.5 Å². The van der Waals surface area contributed by atoms with E-state index in [0.29, 0.717) is 12.2 Å². The Hall–Kier alpha value is -3.54. The fourth-order valence-corrected chi connectivity index (χ4v) is 4.82. The summed E-state index contributed by atoms with van der Waals surface area (Å²) in [6.45, 7) is 2.07. The third kappa shape index (κ3) is 3.58. The molecule has 1 fully saturated rings. The van der Waals surface area contributed by atoms with Gasteiger partial charge >= 0.3 is 0 Å². The van der Waals surface area contributed by atoms with Gasteiger partial charge in [-0.1, -0.05) is 48.5 Å². The SMILES string of the molecule is Nc1ccnc(N2CCC3(CC2)c2ccccc2O[C@@H]3C(=O)NCc2ccccc2)c1. The Labute approximate surface area is 182 Å². The number of para-hydroxylation sites is 1. The lowest BCUT2D eigenvalue weighted by atomic mass is 9.69. The van der Waals surface area contributed by atoms with E-state index in [-0.39, 0.29) is 11.3 Å². The van der Waals surface area contributed by atoms with Gasteiger partial charge in [0.2, 0.25) is 0 Å². The van der Waals surface area contributed by atoms with Crippen molar-refractivity contribution in [1.82, 2.24) is 10.3 Å². The number of fused-ring (bicyclic) bond motifs is 2. The van der Waals surface area contributed by atoms with Gasteiger partial charge in [0.15, 0.2) is 6.10 Å². The van der Waals surface area contributed by atoms with Crippen molar-refractivity contribution in [3.8, 4) is 5.75 Å². The van der Waals surface area contributed by atoms with E-state index in [0.717, 1.165) is 48.6 Å². The maximum absolute atomic E-state index is 13.3. The molecule has 0 unspecified atom stereocenters. The molecule has 1 atom stereocenters. The van der Waals surface area contributed by atoms with Crippen molar-refractivity contribution in [2.24, 2.45) is 0 Å². The van der Waals surface area contributed by atoms with Crippen LogP contribution >= 0.6 is 0 Å². The van der Waals surface area contributed by atoms with E-state index in [9.17, 15) is 4.79 Å². The largest absolute Gasteiger partial charge is 0.479 e. The van der Waals surface area contributed by atoms with Gasteiger partial charge in [0.1, 0.15) is 11.6 Å². The van der Waals surface area contributed by atoms with Crippen molar-refractivity contribution < 1.29 is 9.53 Å². The summed E-state index contributed by atoms with van der Waals surface area (Å²) >= 11 is 0. The summed E-state index contributed by atoms with van der Waals surface area (Å²) in [4.78, 5) is 20.0. The molecule has 2 aliphatic rings. The zero-order valence-electron chi connectivity index (χ0n) is 17.3. The van der Waals surface area contributed by atoms with Crippen LogP contribution in [0, 0.1) is 0 Å². The topological polar surface area (TPSA) is 80.5 Å². The van der Waals surface area contributed by atoms with Gasteiger partial charge in [0.25, 0.3) is 5.91 Å². The van der Waals surface area contributed by atoms with Crippen LogP contribution < -0.4 is 20.7 Å². The first-order valence-electron chi connectivity index (χ1n) is 10.7. The maximum atomic E-state index is 13.3. The first-order valence-corrected chi connectivity index (χ1v) is 10.7. The lowest BCUT2D eigenvalue weighted by molar-refractivity contribution is -0.130. The van der Waals surface area contributed by atoms with E-state index in [1.165, 1.54) is 0 Å². The van der Waals surface area contributed by atoms with E-state index in [2.05, 4.69) is 21.3 Å². The van der Waals surface area contributed by atoms with Gasteiger partial charge in [-0.15, -0.1) is 0 Å².